The molecule has 1 saturated heterocycles. The minimum absolute atomic E-state index is 0.304. The molecule has 1 aromatic rings. The van der Waals surface area contributed by atoms with Crippen molar-refractivity contribution in [1.29, 1.82) is 0 Å². The molecule has 136 valence electrons. The fraction of sp³-hybridized carbons (Fsp3) is 0.778. The Hall–Kier alpha value is -1.40. The number of aliphatic hydroxyl groups is 1. The third kappa shape index (κ3) is 3.35. The van der Waals surface area contributed by atoms with Gasteiger partial charge in [-0.25, -0.2) is 0 Å². The summed E-state index contributed by atoms with van der Waals surface area (Å²) in [5.41, 5.74) is 2.27. The van der Waals surface area contributed by atoms with Gasteiger partial charge in [0.2, 0.25) is 0 Å². The molecule has 0 amide bonds. The second kappa shape index (κ2) is 7.23. The molecule has 1 fully saturated rings. The predicted octanol–water partition coefficient (Wildman–Crippen LogP) is 2.52. The normalized spacial score (nSPS) is 25.4. The Labute approximate surface area is 144 Å². The van der Waals surface area contributed by atoms with E-state index in [1.165, 1.54) is 5.56 Å². The zero-order chi connectivity index (χ0) is 18.1. The van der Waals surface area contributed by atoms with Crippen molar-refractivity contribution in [2.24, 2.45) is 5.41 Å². The van der Waals surface area contributed by atoms with Crippen molar-refractivity contribution >= 4 is 5.97 Å². The first-order valence-electron chi connectivity index (χ1n) is 8.91. The molecule has 0 unspecified atom stereocenters. The van der Waals surface area contributed by atoms with Gasteiger partial charge in [0, 0.05) is 36.9 Å². The Morgan fingerprint density at radius 3 is 2.58 bits per heavy atom. The highest BCUT2D eigenvalue weighted by molar-refractivity contribution is 5.76. The molecule has 0 bridgehead atoms. The molecule has 1 aliphatic heterocycles. The van der Waals surface area contributed by atoms with Crippen LogP contribution in [0.5, 0.6) is 0 Å². The number of rotatable bonds is 6. The molecule has 2 atom stereocenters. The molecule has 0 spiro atoms. The van der Waals surface area contributed by atoms with Gasteiger partial charge >= 0.3 is 5.97 Å². The van der Waals surface area contributed by atoms with Crippen LogP contribution in [0.4, 0.5) is 0 Å². The SMILES string of the molecule is CCC[C@@]1(C(=O)O)CN(Cc2c(C)nn(C(C)C)c2C)CC[C@@H]1O. The molecule has 2 heterocycles. The zero-order valence-electron chi connectivity index (χ0n) is 15.5. The average molecular weight is 337 g/mol. The summed E-state index contributed by atoms with van der Waals surface area (Å²) < 4.78 is 2.03. The largest absolute Gasteiger partial charge is 0.481 e. The van der Waals surface area contributed by atoms with Gasteiger partial charge in [-0.2, -0.15) is 5.10 Å². The summed E-state index contributed by atoms with van der Waals surface area (Å²) in [7, 11) is 0. The number of hydrogen-bond donors (Lipinski definition) is 2. The number of aliphatic carboxylic acids is 1. The molecule has 0 aliphatic carbocycles. The van der Waals surface area contributed by atoms with Crippen LogP contribution in [0.2, 0.25) is 0 Å². The van der Waals surface area contributed by atoms with Crippen LogP contribution in [0.3, 0.4) is 0 Å². The van der Waals surface area contributed by atoms with Crippen molar-refractivity contribution in [3.05, 3.63) is 17.0 Å². The van der Waals surface area contributed by atoms with Gasteiger partial charge in [0.1, 0.15) is 5.41 Å². The first kappa shape index (κ1) is 18.9. The van der Waals surface area contributed by atoms with Crippen LogP contribution in [-0.2, 0) is 11.3 Å². The van der Waals surface area contributed by atoms with E-state index < -0.39 is 17.5 Å². The third-order valence-electron chi connectivity index (χ3n) is 5.33. The number of hydrogen-bond acceptors (Lipinski definition) is 4. The summed E-state index contributed by atoms with van der Waals surface area (Å²) in [5.74, 6) is -0.882. The second-order valence-electron chi connectivity index (χ2n) is 7.41. The van der Waals surface area contributed by atoms with E-state index in [1.54, 1.807) is 0 Å². The van der Waals surface area contributed by atoms with E-state index in [4.69, 9.17) is 0 Å². The quantitative estimate of drug-likeness (QED) is 0.834. The summed E-state index contributed by atoms with van der Waals surface area (Å²) in [6, 6.07) is 0.304. The molecule has 6 nitrogen and oxygen atoms in total. The molecule has 24 heavy (non-hydrogen) atoms. The molecule has 0 radical (unpaired) electrons. The van der Waals surface area contributed by atoms with E-state index in [1.807, 2.05) is 18.5 Å². The number of aliphatic hydroxyl groups excluding tert-OH is 1. The topological polar surface area (TPSA) is 78.6 Å². The molecular formula is C18H31N3O3. The van der Waals surface area contributed by atoms with Crippen LogP contribution in [0.1, 0.15) is 63.0 Å². The summed E-state index contributed by atoms with van der Waals surface area (Å²) in [5, 5.41) is 24.7. The lowest BCUT2D eigenvalue weighted by molar-refractivity contribution is -0.164. The summed E-state index contributed by atoms with van der Waals surface area (Å²) in [4.78, 5) is 14.1. The van der Waals surface area contributed by atoms with E-state index in [2.05, 4.69) is 30.8 Å². The highest BCUT2D eigenvalue weighted by atomic mass is 16.4. The van der Waals surface area contributed by atoms with Gasteiger partial charge in [0.15, 0.2) is 0 Å². The predicted molar refractivity (Wildman–Crippen MR) is 93.0 cm³/mol. The molecule has 1 aromatic heterocycles. The van der Waals surface area contributed by atoms with Gasteiger partial charge in [-0.3, -0.25) is 14.4 Å². The van der Waals surface area contributed by atoms with Crippen LogP contribution < -0.4 is 0 Å². The summed E-state index contributed by atoms with van der Waals surface area (Å²) >= 11 is 0. The van der Waals surface area contributed by atoms with Gasteiger partial charge in [-0.15, -0.1) is 0 Å². The van der Waals surface area contributed by atoms with Crippen LogP contribution in [-0.4, -0.2) is 50.1 Å². The molecular weight excluding hydrogens is 306 g/mol. The highest BCUT2D eigenvalue weighted by Gasteiger charge is 2.48. The Bertz CT molecular complexity index is 597. The van der Waals surface area contributed by atoms with E-state index >= 15 is 0 Å². The van der Waals surface area contributed by atoms with Crippen LogP contribution in [0.25, 0.3) is 0 Å². The maximum absolute atomic E-state index is 11.9. The van der Waals surface area contributed by atoms with Crippen molar-refractivity contribution in [2.75, 3.05) is 13.1 Å². The monoisotopic (exact) mass is 337 g/mol. The number of piperidine rings is 1. The minimum Gasteiger partial charge on any atom is -0.481 e. The Morgan fingerprint density at radius 2 is 2.08 bits per heavy atom. The van der Waals surface area contributed by atoms with Crippen LogP contribution in [0, 0.1) is 19.3 Å². The van der Waals surface area contributed by atoms with Gasteiger partial charge in [0.05, 0.1) is 11.8 Å². The summed E-state index contributed by atoms with van der Waals surface area (Å²) in [6.45, 7) is 12.1. The van der Waals surface area contributed by atoms with Crippen LogP contribution in [0.15, 0.2) is 0 Å². The lowest BCUT2D eigenvalue weighted by atomic mass is 9.74. The van der Waals surface area contributed by atoms with Gasteiger partial charge in [-0.1, -0.05) is 13.3 Å². The van der Waals surface area contributed by atoms with Crippen molar-refractivity contribution in [3.63, 3.8) is 0 Å². The first-order valence-corrected chi connectivity index (χ1v) is 8.91. The maximum Gasteiger partial charge on any atom is 0.313 e. The lowest BCUT2D eigenvalue weighted by Gasteiger charge is -2.43. The van der Waals surface area contributed by atoms with Gasteiger partial charge in [0.25, 0.3) is 0 Å². The average Bonchev–Trinajstić information content (AvgIpc) is 2.78. The smallest absolute Gasteiger partial charge is 0.313 e. The Balaban J connectivity index is 2.24. The Morgan fingerprint density at radius 1 is 1.42 bits per heavy atom. The fourth-order valence-corrected chi connectivity index (χ4v) is 3.96. The van der Waals surface area contributed by atoms with Gasteiger partial charge < -0.3 is 10.2 Å². The number of likely N-dealkylation sites (tertiary alicyclic amines) is 1. The number of aryl methyl sites for hydroxylation is 1. The minimum atomic E-state index is -1.05. The molecule has 0 aromatic carbocycles. The van der Waals surface area contributed by atoms with E-state index in [0.717, 1.165) is 17.8 Å². The molecule has 6 heteroatoms. The molecule has 2 rings (SSSR count). The summed E-state index contributed by atoms with van der Waals surface area (Å²) in [6.07, 6.45) is 0.985. The second-order valence-corrected chi connectivity index (χ2v) is 7.41. The number of nitrogens with zero attached hydrogens (tertiary/aromatic N) is 3. The fourth-order valence-electron chi connectivity index (χ4n) is 3.96. The lowest BCUT2D eigenvalue weighted by Crippen LogP contribution is -2.55. The number of aromatic nitrogens is 2. The standard InChI is InChI=1S/C18H31N3O3/c1-6-8-18(17(23)24)11-20(9-7-16(18)22)10-15-13(4)19-21(12(2)3)14(15)5/h12,16,22H,6-11H2,1-5H3,(H,23,24)/t16-,18+/m0/s1. The van der Waals surface area contributed by atoms with E-state index in [-0.39, 0.29) is 0 Å². The number of carboxylic acid groups (broad SMARTS) is 1. The molecule has 0 saturated carbocycles. The maximum atomic E-state index is 11.9. The molecule has 1 aliphatic rings. The molecule has 2 N–H and O–H groups in total. The first-order chi connectivity index (χ1) is 11.2. The van der Waals surface area contributed by atoms with Crippen molar-refractivity contribution < 1.29 is 15.0 Å². The van der Waals surface area contributed by atoms with Crippen molar-refractivity contribution in [1.82, 2.24) is 14.7 Å². The van der Waals surface area contributed by atoms with Crippen molar-refractivity contribution in [2.45, 2.75) is 72.6 Å². The highest BCUT2D eigenvalue weighted by Crippen LogP contribution is 2.36. The van der Waals surface area contributed by atoms with Gasteiger partial charge in [-0.05, 0) is 40.5 Å². The number of carbonyl (C=O) groups is 1. The number of carboxylic acids is 1. The van der Waals surface area contributed by atoms with E-state index in [9.17, 15) is 15.0 Å². The van der Waals surface area contributed by atoms with Crippen molar-refractivity contribution in [3.8, 4) is 0 Å². The van der Waals surface area contributed by atoms with E-state index in [0.29, 0.717) is 38.5 Å². The Kier molecular flexibility index (Phi) is 5.71. The zero-order valence-corrected chi connectivity index (χ0v) is 15.5. The van der Waals surface area contributed by atoms with Crippen LogP contribution >= 0.6 is 0 Å². The third-order valence-corrected chi connectivity index (χ3v) is 5.33.